The van der Waals surface area contributed by atoms with Gasteiger partial charge in [-0.15, -0.1) is 11.8 Å². The molecule has 0 aliphatic heterocycles. The van der Waals surface area contributed by atoms with Crippen LogP contribution in [-0.4, -0.2) is 21.8 Å². The predicted octanol–water partition coefficient (Wildman–Crippen LogP) is 2.80. The standard InChI is InChI=1S/C10H17N3S/c1-4-8(3)14-9-6-7-12-10(13-9)11-5-2/h6-8H,4-5H2,1-3H3,(H,11,12,13). The van der Waals surface area contributed by atoms with Crippen molar-refractivity contribution >= 4 is 17.7 Å². The summed E-state index contributed by atoms with van der Waals surface area (Å²) >= 11 is 1.79. The fourth-order valence-electron chi connectivity index (χ4n) is 0.941. The van der Waals surface area contributed by atoms with Crippen LogP contribution in [0.2, 0.25) is 0 Å². The minimum atomic E-state index is 0.611. The minimum Gasteiger partial charge on any atom is -0.354 e. The molecule has 1 unspecified atom stereocenters. The van der Waals surface area contributed by atoms with E-state index in [9.17, 15) is 0 Å². The van der Waals surface area contributed by atoms with Crippen molar-refractivity contribution in [2.75, 3.05) is 11.9 Å². The smallest absolute Gasteiger partial charge is 0.223 e. The third-order valence-corrected chi connectivity index (χ3v) is 3.07. The van der Waals surface area contributed by atoms with Crippen molar-refractivity contribution in [1.29, 1.82) is 0 Å². The Kier molecular flexibility index (Phi) is 4.73. The number of aromatic nitrogens is 2. The molecular weight excluding hydrogens is 194 g/mol. The molecule has 0 radical (unpaired) electrons. The van der Waals surface area contributed by atoms with Crippen LogP contribution in [0.4, 0.5) is 5.95 Å². The van der Waals surface area contributed by atoms with E-state index in [2.05, 4.69) is 29.1 Å². The van der Waals surface area contributed by atoms with Crippen molar-refractivity contribution in [3.8, 4) is 0 Å². The van der Waals surface area contributed by atoms with Crippen LogP contribution < -0.4 is 5.32 Å². The van der Waals surface area contributed by atoms with Gasteiger partial charge in [0, 0.05) is 18.0 Å². The summed E-state index contributed by atoms with van der Waals surface area (Å²) in [4.78, 5) is 8.52. The Bertz CT molecular complexity index is 278. The van der Waals surface area contributed by atoms with Gasteiger partial charge < -0.3 is 5.32 Å². The highest BCUT2D eigenvalue weighted by Gasteiger charge is 2.03. The van der Waals surface area contributed by atoms with Crippen LogP contribution >= 0.6 is 11.8 Å². The zero-order chi connectivity index (χ0) is 10.4. The molecule has 0 aromatic carbocycles. The van der Waals surface area contributed by atoms with Gasteiger partial charge in [0.15, 0.2) is 0 Å². The summed E-state index contributed by atoms with van der Waals surface area (Å²) in [7, 11) is 0. The molecule has 1 atom stereocenters. The van der Waals surface area contributed by atoms with Crippen molar-refractivity contribution in [1.82, 2.24) is 9.97 Å². The molecule has 0 saturated heterocycles. The van der Waals surface area contributed by atoms with Gasteiger partial charge in [-0.2, -0.15) is 0 Å². The second-order valence-electron chi connectivity index (χ2n) is 3.09. The first kappa shape index (κ1) is 11.3. The molecule has 1 aromatic rings. The summed E-state index contributed by atoms with van der Waals surface area (Å²) in [6.07, 6.45) is 2.96. The molecule has 1 heterocycles. The van der Waals surface area contributed by atoms with Gasteiger partial charge >= 0.3 is 0 Å². The van der Waals surface area contributed by atoms with E-state index in [4.69, 9.17) is 0 Å². The maximum absolute atomic E-state index is 4.39. The molecule has 0 bridgehead atoms. The summed E-state index contributed by atoms with van der Waals surface area (Å²) in [6, 6.07) is 1.96. The van der Waals surface area contributed by atoms with Crippen molar-refractivity contribution in [3.05, 3.63) is 12.3 Å². The van der Waals surface area contributed by atoms with Crippen molar-refractivity contribution in [2.24, 2.45) is 0 Å². The zero-order valence-corrected chi connectivity index (χ0v) is 9.77. The summed E-state index contributed by atoms with van der Waals surface area (Å²) in [5.41, 5.74) is 0. The summed E-state index contributed by atoms with van der Waals surface area (Å²) in [6.45, 7) is 7.29. The lowest BCUT2D eigenvalue weighted by Gasteiger charge is -2.08. The van der Waals surface area contributed by atoms with E-state index in [1.165, 1.54) is 0 Å². The molecular formula is C10H17N3S. The number of nitrogens with zero attached hydrogens (tertiary/aromatic N) is 2. The summed E-state index contributed by atoms with van der Waals surface area (Å²) in [5, 5.41) is 4.76. The van der Waals surface area contributed by atoms with Gasteiger partial charge in [0.25, 0.3) is 0 Å². The average Bonchev–Trinajstić information content (AvgIpc) is 2.19. The Hall–Kier alpha value is -0.770. The Morgan fingerprint density at radius 3 is 2.93 bits per heavy atom. The lowest BCUT2D eigenvalue weighted by Crippen LogP contribution is -2.02. The van der Waals surface area contributed by atoms with Crippen LogP contribution in [-0.2, 0) is 0 Å². The van der Waals surface area contributed by atoms with Crippen LogP contribution in [0.1, 0.15) is 27.2 Å². The molecule has 1 aromatic heterocycles. The summed E-state index contributed by atoms with van der Waals surface area (Å²) < 4.78 is 0. The number of anilines is 1. The van der Waals surface area contributed by atoms with E-state index < -0.39 is 0 Å². The van der Waals surface area contributed by atoms with Crippen LogP contribution in [0, 0.1) is 0 Å². The van der Waals surface area contributed by atoms with E-state index in [0.29, 0.717) is 5.25 Å². The Balaban J connectivity index is 2.63. The van der Waals surface area contributed by atoms with E-state index in [1.54, 1.807) is 18.0 Å². The third-order valence-electron chi connectivity index (χ3n) is 1.86. The van der Waals surface area contributed by atoms with Crippen molar-refractivity contribution in [3.63, 3.8) is 0 Å². The zero-order valence-electron chi connectivity index (χ0n) is 8.95. The molecule has 0 amide bonds. The Morgan fingerprint density at radius 2 is 2.29 bits per heavy atom. The minimum absolute atomic E-state index is 0.611. The monoisotopic (exact) mass is 211 g/mol. The van der Waals surface area contributed by atoms with Gasteiger partial charge in [0.05, 0.1) is 0 Å². The van der Waals surface area contributed by atoms with Gasteiger partial charge in [-0.25, -0.2) is 9.97 Å². The molecule has 3 nitrogen and oxygen atoms in total. The molecule has 1 rings (SSSR count). The summed E-state index contributed by atoms with van der Waals surface area (Å²) in [5.74, 6) is 0.723. The van der Waals surface area contributed by atoms with Gasteiger partial charge in [0.1, 0.15) is 5.03 Å². The van der Waals surface area contributed by atoms with Crippen molar-refractivity contribution < 1.29 is 0 Å². The van der Waals surface area contributed by atoms with E-state index in [0.717, 1.165) is 23.9 Å². The van der Waals surface area contributed by atoms with Crippen LogP contribution in [0.3, 0.4) is 0 Å². The normalized spacial score (nSPS) is 12.5. The highest BCUT2D eigenvalue weighted by Crippen LogP contribution is 2.23. The van der Waals surface area contributed by atoms with Crippen LogP contribution in [0.25, 0.3) is 0 Å². The highest BCUT2D eigenvalue weighted by atomic mass is 32.2. The SMILES string of the molecule is CCNc1nccc(SC(C)CC)n1. The Morgan fingerprint density at radius 1 is 1.50 bits per heavy atom. The number of hydrogen-bond acceptors (Lipinski definition) is 4. The Labute approximate surface area is 89.7 Å². The number of rotatable bonds is 5. The first-order valence-electron chi connectivity index (χ1n) is 4.99. The fourth-order valence-corrected chi connectivity index (χ4v) is 1.80. The molecule has 0 fully saturated rings. The highest BCUT2D eigenvalue weighted by molar-refractivity contribution is 7.99. The lowest BCUT2D eigenvalue weighted by molar-refractivity contribution is 0.898. The first-order valence-corrected chi connectivity index (χ1v) is 5.87. The second kappa shape index (κ2) is 5.86. The van der Waals surface area contributed by atoms with E-state index in [-0.39, 0.29) is 0 Å². The van der Waals surface area contributed by atoms with Crippen molar-refractivity contribution in [2.45, 2.75) is 37.5 Å². The third kappa shape index (κ3) is 3.54. The van der Waals surface area contributed by atoms with Gasteiger partial charge in [-0.3, -0.25) is 0 Å². The number of nitrogens with one attached hydrogen (secondary N) is 1. The van der Waals surface area contributed by atoms with Gasteiger partial charge in [0.2, 0.25) is 5.95 Å². The second-order valence-corrected chi connectivity index (χ2v) is 4.54. The molecule has 0 aliphatic rings. The molecule has 0 aliphatic carbocycles. The quantitative estimate of drug-likeness (QED) is 0.600. The maximum atomic E-state index is 4.39. The lowest BCUT2D eigenvalue weighted by atomic mass is 10.4. The molecule has 0 spiro atoms. The maximum Gasteiger partial charge on any atom is 0.223 e. The average molecular weight is 211 g/mol. The van der Waals surface area contributed by atoms with Gasteiger partial charge in [-0.05, 0) is 19.4 Å². The predicted molar refractivity (Wildman–Crippen MR) is 61.8 cm³/mol. The topological polar surface area (TPSA) is 37.8 Å². The van der Waals surface area contributed by atoms with E-state index >= 15 is 0 Å². The largest absolute Gasteiger partial charge is 0.354 e. The molecule has 4 heteroatoms. The first-order chi connectivity index (χ1) is 6.76. The van der Waals surface area contributed by atoms with Crippen LogP contribution in [0.15, 0.2) is 17.3 Å². The molecule has 1 N–H and O–H groups in total. The number of hydrogen-bond donors (Lipinski definition) is 1. The van der Waals surface area contributed by atoms with E-state index in [1.807, 2.05) is 13.0 Å². The molecule has 0 saturated carbocycles. The molecule has 14 heavy (non-hydrogen) atoms. The van der Waals surface area contributed by atoms with Crippen LogP contribution in [0.5, 0.6) is 0 Å². The fraction of sp³-hybridized carbons (Fsp3) is 0.600. The van der Waals surface area contributed by atoms with Gasteiger partial charge in [-0.1, -0.05) is 13.8 Å². The number of thioether (sulfide) groups is 1. The molecule has 78 valence electrons.